The lowest BCUT2D eigenvalue weighted by Gasteiger charge is -2.12. The fraction of sp³-hybridized carbons (Fsp3) is 0.333. The van der Waals surface area contributed by atoms with Crippen molar-refractivity contribution in [1.29, 1.82) is 0 Å². The first-order valence-electron chi connectivity index (χ1n) is 6.53. The largest absolute Gasteiger partial charge is 0.343 e. The maximum atomic E-state index is 12.3. The summed E-state index contributed by atoms with van der Waals surface area (Å²) in [5.41, 5.74) is 1.77. The highest BCUT2D eigenvalue weighted by atomic mass is 79.9. The fourth-order valence-corrected chi connectivity index (χ4v) is 3.36. The maximum absolute atomic E-state index is 12.3. The Morgan fingerprint density at radius 1 is 1.50 bits per heavy atom. The van der Waals surface area contributed by atoms with Crippen LogP contribution in [0.15, 0.2) is 28.9 Å². The molecule has 1 aromatic heterocycles. The molecule has 106 valence electrons. The van der Waals surface area contributed by atoms with Crippen LogP contribution in [-0.4, -0.2) is 10.9 Å². The number of aryl methyl sites for hydroxylation is 2. The summed E-state index contributed by atoms with van der Waals surface area (Å²) in [5.74, 6) is -0.0855. The summed E-state index contributed by atoms with van der Waals surface area (Å²) >= 11 is 5.08. The van der Waals surface area contributed by atoms with E-state index in [1.165, 1.54) is 4.88 Å². The molecule has 1 N–H and O–H groups in total. The van der Waals surface area contributed by atoms with E-state index in [-0.39, 0.29) is 11.9 Å². The highest BCUT2D eigenvalue weighted by molar-refractivity contribution is 9.10. The van der Waals surface area contributed by atoms with E-state index in [4.69, 9.17) is 0 Å². The summed E-state index contributed by atoms with van der Waals surface area (Å²) in [6.07, 6.45) is 2.85. The molecule has 0 fully saturated rings. The minimum Gasteiger partial charge on any atom is -0.343 e. The fourth-order valence-electron chi connectivity index (χ4n) is 1.83. The van der Waals surface area contributed by atoms with E-state index in [0.717, 1.165) is 21.5 Å². The van der Waals surface area contributed by atoms with Gasteiger partial charge in [0.15, 0.2) is 0 Å². The smallest absolute Gasteiger partial charge is 0.252 e. The zero-order valence-electron chi connectivity index (χ0n) is 11.7. The molecule has 1 aromatic carbocycles. The van der Waals surface area contributed by atoms with Crippen LogP contribution in [0.2, 0.25) is 0 Å². The number of nitrogens with one attached hydrogen (secondary N) is 1. The SMILES string of the molecule is CCc1cnc(C(C)NC(=O)c2ccc(C)cc2Br)s1. The highest BCUT2D eigenvalue weighted by Gasteiger charge is 2.16. The Labute approximate surface area is 131 Å². The monoisotopic (exact) mass is 352 g/mol. The van der Waals surface area contributed by atoms with Crippen molar-refractivity contribution < 1.29 is 4.79 Å². The molecule has 20 heavy (non-hydrogen) atoms. The summed E-state index contributed by atoms with van der Waals surface area (Å²) in [6.45, 7) is 6.05. The van der Waals surface area contributed by atoms with Crippen molar-refractivity contribution in [3.8, 4) is 0 Å². The van der Waals surface area contributed by atoms with Crippen LogP contribution in [0.5, 0.6) is 0 Å². The molecular formula is C15H17BrN2OS. The molecule has 0 aliphatic heterocycles. The molecule has 2 rings (SSSR count). The zero-order chi connectivity index (χ0) is 14.7. The Morgan fingerprint density at radius 3 is 2.85 bits per heavy atom. The van der Waals surface area contributed by atoms with Crippen LogP contribution in [0, 0.1) is 6.92 Å². The third-order valence-electron chi connectivity index (χ3n) is 3.01. The number of halogens is 1. The van der Waals surface area contributed by atoms with E-state index in [2.05, 4.69) is 33.2 Å². The van der Waals surface area contributed by atoms with Gasteiger partial charge >= 0.3 is 0 Å². The normalized spacial score (nSPS) is 12.2. The van der Waals surface area contributed by atoms with Gasteiger partial charge in [0.1, 0.15) is 5.01 Å². The second-order valence-electron chi connectivity index (χ2n) is 4.70. The molecule has 1 atom stereocenters. The highest BCUT2D eigenvalue weighted by Crippen LogP contribution is 2.22. The van der Waals surface area contributed by atoms with E-state index in [0.29, 0.717) is 5.56 Å². The first-order chi connectivity index (χ1) is 9.51. The second-order valence-corrected chi connectivity index (χ2v) is 6.70. The van der Waals surface area contributed by atoms with Crippen molar-refractivity contribution in [1.82, 2.24) is 10.3 Å². The van der Waals surface area contributed by atoms with Crippen LogP contribution in [0.1, 0.15) is 45.7 Å². The molecule has 1 unspecified atom stereocenters. The number of hydrogen-bond donors (Lipinski definition) is 1. The second kappa shape index (κ2) is 6.50. The molecule has 0 spiro atoms. The van der Waals surface area contributed by atoms with Crippen molar-refractivity contribution in [2.75, 3.05) is 0 Å². The maximum Gasteiger partial charge on any atom is 0.252 e. The van der Waals surface area contributed by atoms with E-state index in [1.807, 2.05) is 38.2 Å². The van der Waals surface area contributed by atoms with Gasteiger partial charge in [0.05, 0.1) is 11.6 Å². The lowest BCUT2D eigenvalue weighted by atomic mass is 10.1. The number of benzene rings is 1. The van der Waals surface area contributed by atoms with E-state index in [9.17, 15) is 4.79 Å². The summed E-state index contributed by atoms with van der Waals surface area (Å²) in [5, 5.41) is 3.93. The van der Waals surface area contributed by atoms with Crippen molar-refractivity contribution in [3.05, 3.63) is 49.9 Å². The Balaban J connectivity index is 2.10. The summed E-state index contributed by atoms with van der Waals surface area (Å²) in [6, 6.07) is 5.63. The molecule has 0 bridgehead atoms. The van der Waals surface area contributed by atoms with Crippen LogP contribution in [0.25, 0.3) is 0 Å². The van der Waals surface area contributed by atoms with E-state index in [1.54, 1.807) is 11.3 Å². The van der Waals surface area contributed by atoms with Crippen molar-refractivity contribution in [3.63, 3.8) is 0 Å². The standard InChI is InChI=1S/C15H17BrN2OS/c1-4-11-8-17-15(20-11)10(3)18-14(19)12-6-5-9(2)7-13(12)16/h5-8,10H,4H2,1-3H3,(H,18,19). The molecule has 2 aromatic rings. The quantitative estimate of drug-likeness (QED) is 0.892. The summed E-state index contributed by atoms with van der Waals surface area (Å²) in [4.78, 5) is 17.9. The van der Waals surface area contributed by atoms with Gasteiger partial charge in [-0.05, 0) is 53.9 Å². The number of aromatic nitrogens is 1. The van der Waals surface area contributed by atoms with Crippen LogP contribution < -0.4 is 5.32 Å². The Bertz CT molecular complexity index is 624. The zero-order valence-corrected chi connectivity index (χ0v) is 14.1. The summed E-state index contributed by atoms with van der Waals surface area (Å²) < 4.78 is 0.815. The number of hydrogen-bond acceptors (Lipinski definition) is 3. The molecule has 1 amide bonds. The van der Waals surface area contributed by atoms with Crippen LogP contribution in [0.4, 0.5) is 0 Å². The topological polar surface area (TPSA) is 42.0 Å². The van der Waals surface area contributed by atoms with Crippen molar-refractivity contribution >= 4 is 33.2 Å². The Morgan fingerprint density at radius 2 is 2.25 bits per heavy atom. The molecule has 0 radical (unpaired) electrons. The van der Waals surface area contributed by atoms with Gasteiger partial charge in [0.25, 0.3) is 5.91 Å². The lowest BCUT2D eigenvalue weighted by Crippen LogP contribution is -2.26. The van der Waals surface area contributed by atoms with Gasteiger partial charge in [-0.3, -0.25) is 4.79 Å². The van der Waals surface area contributed by atoms with E-state index < -0.39 is 0 Å². The molecule has 0 aliphatic rings. The number of nitrogens with zero attached hydrogens (tertiary/aromatic N) is 1. The average molecular weight is 353 g/mol. The molecule has 0 aliphatic carbocycles. The molecule has 1 heterocycles. The third-order valence-corrected chi connectivity index (χ3v) is 4.99. The first kappa shape index (κ1) is 15.2. The van der Waals surface area contributed by atoms with Gasteiger partial charge < -0.3 is 5.32 Å². The van der Waals surface area contributed by atoms with E-state index >= 15 is 0 Å². The van der Waals surface area contributed by atoms with Gasteiger partial charge in [-0.25, -0.2) is 4.98 Å². The predicted octanol–water partition coefficient (Wildman–Crippen LogP) is 4.27. The Kier molecular flexibility index (Phi) is 4.94. The number of carbonyl (C=O) groups is 1. The number of carbonyl (C=O) groups excluding carboxylic acids is 1. The first-order valence-corrected chi connectivity index (χ1v) is 8.13. The molecule has 3 nitrogen and oxygen atoms in total. The average Bonchev–Trinajstić information content (AvgIpc) is 2.87. The van der Waals surface area contributed by atoms with Crippen LogP contribution in [-0.2, 0) is 6.42 Å². The van der Waals surface area contributed by atoms with Gasteiger partial charge in [-0.2, -0.15) is 0 Å². The third kappa shape index (κ3) is 3.46. The molecule has 5 heteroatoms. The number of thiazole rings is 1. The van der Waals surface area contributed by atoms with Gasteiger partial charge in [-0.15, -0.1) is 11.3 Å². The van der Waals surface area contributed by atoms with Gasteiger partial charge in [0.2, 0.25) is 0 Å². The predicted molar refractivity (Wildman–Crippen MR) is 86.3 cm³/mol. The Hall–Kier alpha value is -1.20. The molecular weight excluding hydrogens is 336 g/mol. The molecule has 0 saturated heterocycles. The van der Waals surface area contributed by atoms with Gasteiger partial charge in [0, 0.05) is 15.5 Å². The molecule has 0 saturated carbocycles. The van der Waals surface area contributed by atoms with Gasteiger partial charge in [-0.1, -0.05) is 13.0 Å². The van der Waals surface area contributed by atoms with Crippen LogP contribution >= 0.6 is 27.3 Å². The number of amides is 1. The lowest BCUT2D eigenvalue weighted by molar-refractivity contribution is 0.0939. The summed E-state index contributed by atoms with van der Waals surface area (Å²) in [7, 11) is 0. The minimum absolute atomic E-state index is 0.0824. The van der Waals surface area contributed by atoms with Crippen molar-refractivity contribution in [2.24, 2.45) is 0 Å². The number of rotatable bonds is 4. The minimum atomic E-state index is -0.0855. The van der Waals surface area contributed by atoms with Crippen LogP contribution in [0.3, 0.4) is 0 Å². The van der Waals surface area contributed by atoms with Crippen molar-refractivity contribution in [2.45, 2.75) is 33.2 Å².